The lowest BCUT2D eigenvalue weighted by atomic mass is 9.97. The van der Waals surface area contributed by atoms with Gasteiger partial charge in [0.1, 0.15) is 0 Å². The van der Waals surface area contributed by atoms with Crippen LogP contribution in [0.3, 0.4) is 0 Å². The topological polar surface area (TPSA) is 36.4 Å². The van der Waals surface area contributed by atoms with Crippen LogP contribution in [0.1, 0.15) is 36.1 Å². The number of aliphatic hydroxyl groups excluding tert-OH is 1. The van der Waals surface area contributed by atoms with Crippen molar-refractivity contribution in [3.63, 3.8) is 0 Å². The molecule has 0 spiro atoms. The quantitative estimate of drug-likeness (QED) is 0.880. The highest BCUT2D eigenvalue weighted by Gasteiger charge is 2.27. The minimum absolute atomic E-state index is 0.280. The molecule has 0 aliphatic carbocycles. The molecule has 16 heavy (non-hydrogen) atoms. The molecule has 1 N–H and O–H groups in total. The molecular weight excluding hydrogens is 220 g/mol. The maximum atomic E-state index is 9.41. The minimum Gasteiger partial charge on any atom is -0.395 e. The van der Waals surface area contributed by atoms with Gasteiger partial charge >= 0.3 is 0 Å². The molecule has 0 amide bonds. The van der Waals surface area contributed by atoms with Crippen molar-refractivity contribution in [1.82, 2.24) is 9.88 Å². The molecule has 90 valence electrons. The molecule has 2 unspecified atom stereocenters. The second kappa shape index (κ2) is 5.25. The molecule has 2 rings (SSSR count). The molecule has 0 bridgehead atoms. The van der Waals surface area contributed by atoms with E-state index in [0.29, 0.717) is 12.1 Å². The summed E-state index contributed by atoms with van der Waals surface area (Å²) in [5.74, 6) is 0. The van der Waals surface area contributed by atoms with Gasteiger partial charge in [-0.25, -0.2) is 4.98 Å². The monoisotopic (exact) mass is 240 g/mol. The van der Waals surface area contributed by atoms with Crippen molar-refractivity contribution in [3.8, 4) is 0 Å². The molecule has 1 aliphatic rings. The first kappa shape index (κ1) is 12.0. The average molecular weight is 240 g/mol. The van der Waals surface area contributed by atoms with Crippen LogP contribution in [0.4, 0.5) is 0 Å². The van der Waals surface area contributed by atoms with Crippen LogP contribution in [-0.4, -0.2) is 33.7 Å². The molecule has 1 aromatic heterocycles. The fourth-order valence-corrected chi connectivity index (χ4v) is 3.28. The van der Waals surface area contributed by atoms with Crippen LogP contribution in [0.5, 0.6) is 0 Å². The van der Waals surface area contributed by atoms with Crippen molar-refractivity contribution >= 4 is 11.3 Å². The Morgan fingerprint density at radius 1 is 1.56 bits per heavy atom. The Hall–Kier alpha value is -0.450. The van der Waals surface area contributed by atoms with Crippen molar-refractivity contribution in [2.45, 2.75) is 51.7 Å². The molecular formula is C12H20N2OS. The number of aryl methyl sites for hydroxylation is 1. The van der Waals surface area contributed by atoms with Crippen LogP contribution >= 0.6 is 11.3 Å². The summed E-state index contributed by atoms with van der Waals surface area (Å²) in [5.41, 5.74) is 0. The van der Waals surface area contributed by atoms with Gasteiger partial charge in [-0.05, 0) is 26.7 Å². The van der Waals surface area contributed by atoms with Gasteiger partial charge < -0.3 is 5.11 Å². The fraction of sp³-hybridized carbons (Fsp3) is 0.750. The molecule has 4 heteroatoms. The number of rotatable bonds is 3. The summed E-state index contributed by atoms with van der Waals surface area (Å²) in [4.78, 5) is 8.02. The van der Waals surface area contributed by atoms with Gasteiger partial charge in [-0.2, -0.15) is 0 Å². The van der Waals surface area contributed by atoms with E-state index >= 15 is 0 Å². The second-order valence-electron chi connectivity index (χ2n) is 4.63. The zero-order valence-corrected chi connectivity index (χ0v) is 10.8. The van der Waals surface area contributed by atoms with E-state index in [1.165, 1.54) is 17.7 Å². The van der Waals surface area contributed by atoms with Crippen LogP contribution in [0.2, 0.25) is 0 Å². The third kappa shape index (κ3) is 2.62. The van der Waals surface area contributed by atoms with Gasteiger partial charge in [0.2, 0.25) is 0 Å². The number of nitrogens with zero attached hydrogens (tertiary/aromatic N) is 2. The smallest absolute Gasteiger partial charge is 0.0897 e. The molecule has 0 radical (unpaired) electrons. The van der Waals surface area contributed by atoms with Gasteiger partial charge in [0.05, 0.1) is 11.6 Å². The molecule has 1 aliphatic heterocycles. The Morgan fingerprint density at radius 3 is 3.00 bits per heavy atom. The van der Waals surface area contributed by atoms with E-state index in [1.807, 2.05) is 13.1 Å². The Morgan fingerprint density at radius 2 is 2.38 bits per heavy atom. The maximum Gasteiger partial charge on any atom is 0.0897 e. The zero-order chi connectivity index (χ0) is 11.5. The molecule has 1 aromatic rings. The van der Waals surface area contributed by atoms with E-state index in [4.69, 9.17) is 0 Å². The number of aliphatic hydroxyl groups is 1. The lowest BCUT2D eigenvalue weighted by Crippen LogP contribution is -2.46. The Labute approximate surface area is 101 Å². The third-order valence-electron chi connectivity index (χ3n) is 3.41. The first-order chi connectivity index (χ1) is 7.70. The van der Waals surface area contributed by atoms with Crippen LogP contribution in [0.25, 0.3) is 0 Å². The summed E-state index contributed by atoms with van der Waals surface area (Å²) in [6.07, 6.45) is 5.58. The predicted octanol–water partition coefficient (Wildman–Crippen LogP) is 2.19. The zero-order valence-electron chi connectivity index (χ0n) is 10.0. The van der Waals surface area contributed by atoms with E-state index < -0.39 is 0 Å². The van der Waals surface area contributed by atoms with Crippen LogP contribution in [0.15, 0.2) is 6.20 Å². The molecule has 3 nitrogen and oxygen atoms in total. The predicted molar refractivity (Wildman–Crippen MR) is 66.6 cm³/mol. The maximum absolute atomic E-state index is 9.41. The van der Waals surface area contributed by atoms with E-state index in [1.54, 1.807) is 11.3 Å². The molecule has 1 fully saturated rings. The van der Waals surface area contributed by atoms with Gasteiger partial charge in [0, 0.05) is 29.7 Å². The summed E-state index contributed by atoms with van der Waals surface area (Å²) >= 11 is 1.76. The number of hydrogen-bond donors (Lipinski definition) is 1. The van der Waals surface area contributed by atoms with Gasteiger partial charge in [0.15, 0.2) is 0 Å². The molecule has 0 aromatic carbocycles. The van der Waals surface area contributed by atoms with E-state index in [9.17, 15) is 5.11 Å². The lowest BCUT2D eigenvalue weighted by molar-refractivity contribution is 0.0460. The van der Waals surface area contributed by atoms with Crippen molar-refractivity contribution in [1.29, 1.82) is 0 Å². The second-order valence-corrected chi connectivity index (χ2v) is 5.95. The van der Waals surface area contributed by atoms with Crippen molar-refractivity contribution < 1.29 is 5.11 Å². The summed E-state index contributed by atoms with van der Waals surface area (Å²) in [5, 5.41) is 10.5. The number of piperidine rings is 1. The number of thiazole rings is 1. The highest BCUT2D eigenvalue weighted by atomic mass is 32.1. The van der Waals surface area contributed by atoms with Crippen LogP contribution in [0, 0.1) is 6.92 Å². The minimum atomic E-state index is 0.280. The summed E-state index contributed by atoms with van der Waals surface area (Å²) in [6.45, 7) is 5.52. The van der Waals surface area contributed by atoms with Gasteiger partial charge in [0.25, 0.3) is 0 Å². The standard InChI is InChI=1S/C12H20N2OS/c1-9-4-3-5-11(8-15)14(9)7-12-6-13-10(2)16-12/h6,9,11,15H,3-5,7-8H2,1-2H3. The molecule has 2 heterocycles. The largest absolute Gasteiger partial charge is 0.395 e. The van der Waals surface area contributed by atoms with E-state index in [0.717, 1.165) is 18.0 Å². The van der Waals surface area contributed by atoms with Crippen LogP contribution in [-0.2, 0) is 6.54 Å². The lowest BCUT2D eigenvalue weighted by Gasteiger charge is -2.39. The highest BCUT2D eigenvalue weighted by molar-refractivity contribution is 7.11. The van der Waals surface area contributed by atoms with E-state index in [2.05, 4.69) is 16.8 Å². The summed E-state index contributed by atoms with van der Waals surface area (Å²) in [6, 6.07) is 0.916. The highest BCUT2D eigenvalue weighted by Crippen LogP contribution is 2.26. The molecule has 2 atom stereocenters. The fourth-order valence-electron chi connectivity index (χ4n) is 2.48. The third-order valence-corrected chi connectivity index (χ3v) is 4.31. The average Bonchev–Trinajstić information content (AvgIpc) is 2.67. The first-order valence-corrected chi connectivity index (χ1v) is 6.80. The molecule has 0 saturated carbocycles. The van der Waals surface area contributed by atoms with Gasteiger partial charge in [-0.3, -0.25) is 4.90 Å². The summed E-state index contributed by atoms with van der Waals surface area (Å²) < 4.78 is 0. The molecule has 1 saturated heterocycles. The number of likely N-dealkylation sites (tertiary alicyclic amines) is 1. The van der Waals surface area contributed by atoms with E-state index in [-0.39, 0.29) is 6.61 Å². The van der Waals surface area contributed by atoms with Crippen LogP contribution < -0.4 is 0 Å². The van der Waals surface area contributed by atoms with Crippen molar-refractivity contribution in [3.05, 3.63) is 16.1 Å². The normalized spacial score (nSPS) is 27.2. The number of aromatic nitrogens is 1. The van der Waals surface area contributed by atoms with Crippen molar-refractivity contribution in [2.24, 2.45) is 0 Å². The Bertz CT molecular complexity index is 340. The summed E-state index contributed by atoms with van der Waals surface area (Å²) in [7, 11) is 0. The van der Waals surface area contributed by atoms with Gasteiger partial charge in [-0.1, -0.05) is 6.42 Å². The van der Waals surface area contributed by atoms with Gasteiger partial charge in [-0.15, -0.1) is 11.3 Å². The SMILES string of the molecule is Cc1ncc(CN2C(C)CCCC2CO)s1. The van der Waals surface area contributed by atoms with Crippen molar-refractivity contribution in [2.75, 3.05) is 6.61 Å². The Kier molecular flexibility index (Phi) is 3.95. The first-order valence-electron chi connectivity index (χ1n) is 5.98. The Balaban J connectivity index is 2.05. The number of hydrogen-bond acceptors (Lipinski definition) is 4.